The summed E-state index contributed by atoms with van der Waals surface area (Å²) >= 11 is 3.09. The molecule has 2 N–H and O–H groups in total. The summed E-state index contributed by atoms with van der Waals surface area (Å²) in [6.07, 6.45) is 1.97. The molecule has 5 heteroatoms. The van der Waals surface area contributed by atoms with Gasteiger partial charge in [-0.15, -0.1) is 0 Å². The molecule has 0 atom stereocenters. The van der Waals surface area contributed by atoms with E-state index in [1.165, 1.54) is 0 Å². The summed E-state index contributed by atoms with van der Waals surface area (Å²) in [7, 11) is -1.76. The van der Waals surface area contributed by atoms with E-state index in [-0.39, 0.29) is 11.4 Å². The Morgan fingerprint density at radius 2 is 2.00 bits per heavy atom. The van der Waals surface area contributed by atoms with Crippen LogP contribution in [0.5, 0.6) is 0 Å². The Kier molecular flexibility index (Phi) is 2.64. The maximum Gasteiger partial charge on any atom is 0.492 e. The number of benzene rings is 1. The second-order valence-electron chi connectivity index (χ2n) is 3.51. The van der Waals surface area contributed by atoms with Crippen LogP contribution >= 0.6 is 15.9 Å². The van der Waals surface area contributed by atoms with E-state index in [9.17, 15) is 4.39 Å². The smallest absolute Gasteiger partial charge is 0.423 e. The van der Waals surface area contributed by atoms with Crippen LogP contribution < -0.4 is 5.46 Å². The highest BCUT2D eigenvalue weighted by Gasteiger charge is 2.30. The van der Waals surface area contributed by atoms with Crippen LogP contribution in [0.25, 0.3) is 0 Å². The monoisotopic (exact) mass is 258 g/mol. The molecule has 0 aromatic heterocycles. The van der Waals surface area contributed by atoms with E-state index in [1.54, 1.807) is 12.1 Å². The van der Waals surface area contributed by atoms with Gasteiger partial charge in [0.25, 0.3) is 0 Å². The molecule has 14 heavy (non-hydrogen) atoms. The van der Waals surface area contributed by atoms with Crippen LogP contribution in [0.1, 0.15) is 24.3 Å². The Balaban J connectivity index is 2.50. The molecule has 0 heterocycles. The van der Waals surface area contributed by atoms with E-state index in [0.717, 1.165) is 12.8 Å². The van der Waals surface area contributed by atoms with Gasteiger partial charge in [0.05, 0.1) is 0 Å². The molecule has 0 radical (unpaired) electrons. The van der Waals surface area contributed by atoms with Crippen molar-refractivity contribution in [2.45, 2.75) is 18.8 Å². The number of halogens is 2. The topological polar surface area (TPSA) is 40.5 Å². The fourth-order valence-electron chi connectivity index (χ4n) is 1.53. The molecule has 0 amide bonds. The van der Waals surface area contributed by atoms with Crippen molar-refractivity contribution in [3.05, 3.63) is 28.0 Å². The molecule has 2 nitrogen and oxygen atoms in total. The molecule has 0 aliphatic heterocycles. The van der Waals surface area contributed by atoms with Crippen LogP contribution in [0, 0.1) is 5.82 Å². The molecule has 74 valence electrons. The van der Waals surface area contributed by atoms with Crippen molar-refractivity contribution in [2.24, 2.45) is 0 Å². The van der Waals surface area contributed by atoms with Crippen molar-refractivity contribution in [3.63, 3.8) is 0 Å². The molecule has 1 aromatic rings. The SMILES string of the molecule is OB(O)c1c(Br)ccc(C2CC2)c1F. The minimum absolute atomic E-state index is 0.0607. The maximum atomic E-state index is 13.7. The van der Waals surface area contributed by atoms with Crippen LogP contribution in [-0.4, -0.2) is 17.2 Å². The predicted octanol–water partition coefficient (Wildman–Crippen LogP) is 1.15. The zero-order valence-electron chi connectivity index (χ0n) is 7.37. The molecule has 0 saturated heterocycles. The van der Waals surface area contributed by atoms with E-state index in [4.69, 9.17) is 10.0 Å². The lowest BCUT2D eigenvalue weighted by Crippen LogP contribution is -2.34. The van der Waals surface area contributed by atoms with E-state index in [0.29, 0.717) is 10.0 Å². The van der Waals surface area contributed by atoms with Crippen LogP contribution in [0.15, 0.2) is 16.6 Å². The lowest BCUT2D eigenvalue weighted by molar-refractivity contribution is 0.422. The predicted molar refractivity (Wildman–Crippen MR) is 55.9 cm³/mol. The molecule has 1 fully saturated rings. The quantitative estimate of drug-likeness (QED) is 0.782. The molecule has 0 unspecified atom stereocenters. The number of rotatable bonds is 2. The lowest BCUT2D eigenvalue weighted by atomic mass is 9.78. The first-order valence-corrected chi connectivity index (χ1v) is 5.24. The average molecular weight is 259 g/mol. The molecule has 0 bridgehead atoms. The first kappa shape index (κ1) is 10.1. The molecule has 1 aromatic carbocycles. The fraction of sp³-hybridized carbons (Fsp3) is 0.333. The molecule has 2 rings (SSSR count). The maximum absolute atomic E-state index is 13.7. The van der Waals surface area contributed by atoms with Gasteiger partial charge in [-0.05, 0) is 30.4 Å². The third kappa shape index (κ3) is 1.72. The standard InChI is InChI=1S/C9H9BBrFO2/c11-7-4-3-6(5-1-2-5)9(12)8(7)10(13)14/h3-5,13-14H,1-2H2. The number of hydrogen-bond acceptors (Lipinski definition) is 2. The average Bonchev–Trinajstić information content (AvgIpc) is 2.86. The summed E-state index contributed by atoms with van der Waals surface area (Å²) in [6.45, 7) is 0. The molecule has 1 aliphatic rings. The van der Waals surface area contributed by atoms with Crippen molar-refractivity contribution in [1.82, 2.24) is 0 Å². The fourth-order valence-corrected chi connectivity index (χ4v) is 2.04. The first-order valence-electron chi connectivity index (χ1n) is 4.45. The van der Waals surface area contributed by atoms with Gasteiger partial charge >= 0.3 is 7.12 Å². The highest BCUT2D eigenvalue weighted by atomic mass is 79.9. The van der Waals surface area contributed by atoms with Gasteiger partial charge in [0.2, 0.25) is 0 Å². The normalized spacial score (nSPS) is 15.7. The zero-order valence-corrected chi connectivity index (χ0v) is 8.96. The van der Waals surface area contributed by atoms with E-state index in [1.807, 2.05) is 0 Å². The third-order valence-corrected chi connectivity index (χ3v) is 3.12. The van der Waals surface area contributed by atoms with Gasteiger partial charge in [-0.3, -0.25) is 0 Å². The van der Waals surface area contributed by atoms with Crippen molar-refractivity contribution >= 4 is 28.5 Å². The molecular formula is C9H9BBrFO2. The van der Waals surface area contributed by atoms with Gasteiger partial charge in [-0.1, -0.05) is 22.0 Å². The highest BCUT2D eigenvalue weighted by molar-refractivity contribution is 9.10. The van der Waals surface area contributed by atoms with Gasteiger partial charge in [0.15, 0.2) is 0 Å². The minimum atomic E-state index is -1.76. The second-order valence-corrected chi connectivity index (χ2v) is 4.37. The van der Waals surface area contributed by atoms with Gasteiger partial charge in [-0.2, -0.15) is 0 Å². The van der Waals surface area contributed by atoms with Gasteiger partial charge in [0, 0.05) is 9.94 Å². The zero-order chi connectivity index (χ0) is 10.3. The molecule has 0 spiro atoms. The Hall–Kier alpha value is -0.385. The number of hydrogen-bond donors (Lipinski definition) is 2. The molecule has 1 aliphatic carbocycles. The van der Waals surface area contributed by atoms with Crippen LogP contribution in [0.4, 0.5) is 4.39 Å². The van der Waals surface area contributed by atoms with Crippen molar-refractivity contribution in [1.29, 1.82) is 0 Å². The van der Waals surface area contributed by atoms with Gasteiger partial charge in [-0.25, -0.2) is 4.39 Å². The summed E-state index contributed by atoms with van der Waals surface area (Å²) in [6, 6.07) is 3.36. The summed E-state index contributed by atoms with van der Waals surface area (Å²) in [5.74, 6) is -0.225. The van der Waals surface area contributed by atoms with Gasteiger partial charge in [0.1, 0.15) is 5.82 Å². The lowest BCUT2D eigenvalue weighted by Gasteiger charge is -2.08. The van der Waals surface area contributed by atoms with Crippen LogP contribution in [0.2, 0.25) is 0 Å². The summed E-state index contributed by atoms with van der Waals surface area (Å²) in [4.78, 5) is 0. The van der Waals surface area contributed by atoms with E-state index in [2.05, 4.69) is 15.9 Å². The Bertz CT molecular complexity index is 366. The summed E-state index contributed by atoms with van der Waals surface area (Å²) in [5.41, 5.74) is 0.533. The van der Waals surface area contributed by atoms with Crippen molar-refractivity contribution in [2.75, 3.05) is 0 Å². The second kappa shape index (κ2) is 3.64. The minimum Gasteiger partial charge on any atom is -0.423 e. The largest absolute Gasteiger partial charge is 0.492 e. The molecular weight excluding hydrogens is 250 g/mol. The third-order valence-electron chi connectivity index (χ3n) is 2.43. The highest BCUT2D eigenvalue weighted by Crippen LogP contribution is 2.41. The van der Waals surface area contributed by atoms with Crippen molar-refractivity contribution < 1.29 is 14.4 Å². The summed E-state index contributed by atoms with van der Waals surface area (Å²) < 4.78 is 14.1. The van der Waals surface area contributed by atoms with Crippen LogP contribution in [0.3, 0.4) is 0 Å². The van der Waals surface area contributed by atoms with Crippen molar-refractivity contribution in [3.8, 4) is 0 Å². The first-order chi connectivity index (χ1) is 6.61. The van der Waals surface area contributed by atoms with Gasteiger partial charge < -0.3 is 10.0 Å². The van der Waals surface area contributed by atoms with Crippen LogP contribution in [-0.2, 0) is 0 Å². The Morgan fingerprint density at radius 3 is 2.50 bits per heavy atom. The Morgan fingerprint density at radius 1 is 1.36 bits per heavy atom. The van der Waals surface area contributed by atoms with E-state index < -0.39 is 12.9 Å². The summed E-state index contributed by atoms with van der Waals surface area (Å²) in [5, 5.41) is 18.0. The van der Waals surface area contributed by atoms with E-state index >= 15 is 0 Å². The molecule has 1 saturated carbocycles. The Labute approximate surface area is 90.0 Å².